The Morgan fingerprint density at radius 1 is 0.818 bits per heavy atom. The first-order valence-electron chi connectivity index (χ1n) is 9.35. The fourth-order valence-corrected chi connectivity index (χ4v) is 21.3. The summed E-state index contributed by atoms with van der Waals surface area (Å²) in [6.45, 7) is 9.59. The Morgan fingerprint density at radius 3 is 1.59 bits per heavy atom. The number of hydrogen-bond donors (Lipinski definition) is 0. The van der Waals surface area contributed by atoms with E-state index < -0.39 is 18.4 Å². The van der Waals surface area contributed by atoms with E-state index in [0.717, 1.165) is 8.96 Å². The van der Waals surface area contributed by atoms with Gasteiger partial charge in [-0.15, -0.1) is 0 Å². The normalized spacial score (nSPS) is 13.3. The zero-order valence-corrected chi connectivity index (χ0v) is 18.7. The third-order valence-corrected chi connectivity index (χ3v) is 23.4. The fraction of sp³-hybridized carbons (Fsp3) is 0.700. The molecule has 2 heteroatoms. The molecule has 0 bridgehead atoms. The summed E-state index contributed by atoms with van der Waals surface area (Å²) in [4.78, 5) is 0. The summed E-state index contributed by atoms with van der Waals surface area (Å²) >= 11 is 3.95. The Morgan fingerprint density at radius 2 is 1.23 bits per heavy atom. The quantitative estimate of drug-likeness (QED) is 0.314. The van der Waals surface area contributed by atoms with Gasteiger partial charge in [-0.05, 0) is 0 Å². The molecular formula is C20H35ClSn. The molecule has 0 nitrogen and oxygen atoms in total. The van der Waals surface area contributed by atoms with Crippen molar-refractivity contribution in [1.29, 1.82) is 0 Å². The number of rotatable bonds is 11. The van der Waals surface area contributed by atoms with Gasteiger partial charge in [0, 0.05) is 0 Å². The van der Waals surface area contributed by atoms with Crippen molar-refractivity contribution in [2.24, 2.45) is 0 Å². The molecule has 1 aromatic rings. The van der Waals surface area contributed by atoms with Crippen LogP contribution in [0.25, 0.3) is 0 Å². The van der Waals surface area contributed by atoms with Gasteiger partial charge in [0.1, 0.15) is 0 Å². The third kappa shape index (κ3) is 6.07. The van der Waals surface area contributed by atoms with Crippen molar-refractivity contribution in [3.63, 3.8) is 0 Å². The second-order valence-corrected chi connectivity index (χ2v) is 21.9. The summed E-state index contributed by atoms with van der Waals surface area (Å²) in [6.07, 6.45) is 8.39. The summed E-state index contributed by atoms with van der Waals surface area (Å²) in [5.74, 6) is 0. The van der Waals surface area contributed by atoms with Gasteiger partial charge in [-0.3, -0.25) is 0 Å². The van der Waals surface area contributed by atoms with Crippen molar-refractivity contribution >= 4 is 30.0 Å². The van der Waals surface area contributed by atoms with Crippen LogP contribution in [-0.4, -0.2) is 18.4 Å². The van der Waals surface area contributed by atoms with Crippen LogP contribution in [0.1, 0.15) is 75.7 Å². The zero-order valence-electron chi connectivity index (χ0n) is 15.1. The second kappa shape index (κ2) is 11.0. The van der Waals surface area contributed by atoms with Gasteiger partial charge >= 0.3 is 148 Å². The molecule has 1 aromatic carbocycles. The van der Waals surface area contributed by atoms with Gasteiger partial charge < -0.3 is 0 Å². The molecule has 0 aliphatic carbocycles. The van der Waals surface area contributed by atoms with Gasteiger partial charge in [0.15, 0.2) is 0 Å². The maximum absolute atomic E-state index is 6.10. The number of benzene rings is 1. The van der Waals surface area contributed by atoms with E-state index in [1.54, 1.807) is 18.9 Å². The van der Waals surface area contributed by atoms with Crippen LogP contribution >= 0.6 is 11.6 Å². The SMILES string of the molecule is CCC[CH2][Sn]([CH2]CCC)([CH2]CCC)[CH](C)c1ccc(Cl)cc1. The van der Waals surface area contributed by atoms with Crippen molar-refractivity contribution in [3.05, 3.63) is 34.9 Å². The molecule has 1 rings (SSSR count). The van der Waals surface area contributed by atoms with Gasteiger partial charge in [-0.25, -0.2) is 0 Å². The fourth-order valence-electron chi connectivity index (χ4n) is 3.72. The van der Waals surface area contributed by atoms with Crippen LogP contribution in [0.2, 0.25) is 18.3 Å². The summed E-state index contributed by atoms with van der Waals surface area (Å²) < 4.78 is 5.56. The van der Waals surface area contributed by atoms with Crippen LogP contribution < -0.4 is 0 Å². The third-order valence-electron chi connectivity index (χ3n) is 5.37. The Labute approximate surface area is 147 Å². The van der Waals surface area contributed by atoms with E-state index in [4.69, 9.17) is 11.6 Å². The van der Waals surface area contributed by atoms with Crippen molar-refractivity contribution < 1.29 is 0 Å². The first-order valence-corrected chi connectivity index (χ1v) is 17.4. The van der Waals surface area contributed by atoms with Crippen molar-refractivity contribution in [1.82, 2.24) is 0 Å². The van der Waals surface area contributed by atoms with Gasteiger partial charge in [0.05, 0.1) is 0 Å². The average Bonchev–Trinajstić information content (AvgIpc) is 2.54. The Bertz CT molecular complexity index is 377. The topological polar surface area (TPSA) is 0 Å². The molecule has 0 aliphatic rings. The number of halogens is 1. The second-order valence-electron chi connectivity index (χ2n) is 6.95. The summed E-state index contributed by atoms with van der Waals surface area (Å²) in [5.41, 5.74) is 1.56. The van der Waals surface area contributed by atoms with Crippen LogP contribution in [0.4, 0.5) is 0 Å². The molecule has 0 saturated heterocycles. The van der Waals surface area contributed by atoms with Gasteiger partial charge in [0.2, 0.25) is 0 Å². The van der Waals surface area contributed by atoms with Crippen LogP contribution in [0.5, 0.6) is 0 Å². The molecule has 0 fully saturated rings. The Kier molecular flexibility index (Phi) is 10.1. The van der Waals surface area contributed by atoms with E-state index in [0.29, 0.717) is 0 Å². The average molecular weight is 430 g/mol. The summed E-state index contributed by atoms with van der Waals surface area (Å²) in [6, 6.07) is 8.76. The molecule has 1 unspecified atom stereocenters. The van der Waals surface area contributed by atoms with E-state index in [2.05, 4.69) is 52.0 Å². The molecular weight excluding hydrogens is 394 g/mol. The zero-order chi connectivity index (χ0) is 16.4. The molecule has 126 valence electrons. The van der Waals surface area contributed by atoms with E-state index in [9.17, 15) is 0 Å². The summed E-state index contributed by atoms with van der Waals surface area (Å²) in [5, 5.41) is 0.868. The molecule has 0 N–H and O–H groups in total. The molecule has 0 aromatic heterocycles. The van der Waals surface area contributed by atoms with Crippen molar-refractivity contribution in [3.8, 4) is 0 Å². The molecule has 0 amide bonds. The molecule has 0 radical (unpaired) electrons. The van der Waals surface area contributed by atoms with E-state index in [1.165, 1.54) is 38.5 Å². The van der Waals surface area contributed by atoms with E-state index in [-0.39, 0.29) is 0 Å². The van der Waals surface area contributed by atoms with E-state index >= 15 is 0 Å². The van der Waals surface area contributed by atoms with Crippen LogP contribution in [-0.2, 0) is 0 Å². The summed E-state index contributed by atoms with van der Waals surface area (Å²) in [7, 11) is 0. The first-order chi connectivity index (χ1) is 10.6. The molecule has 0 saturated carbocycles. The van der Waals surface area contributed by atoms with Crippen LogP contribution in [0, 0.1) is 0 Å². The maximum atomic E-state index is 6.10. The molecule has 0 aliphatic heterocycles. The standard InChI is InChI=1S/C8H8Cl.3C4H9.Sn/c1-2-7-3-5-8(9)6-4-7;3*1-3-4-2;/h2-6H,1H3;3*1,3-4H2,2H3;. The molecule has 0 spiro atoms. The van der Waals surface area contributed by atoms with Gasteiger partial charge in [-0.1, -0.05) is 0 Å². The Hall–Kier alpha value is 0.309. The van der Waals surface area contributed by atoms with Crippen molar-refractivity contribution in [2.45, 2.75) is 83.5 Å². The van der Waals surface area contributed by atoms with Crippen LogP contribution in [0.3, 0.4) is 0 Å². The first kappa shape index (κ1) is 20.4. The minimum atomic E-state index is -2.15. The van der Waals surface area contributed by atoms with Gasteiger partial charge in [0.25, 0.3) is 0 Å². The van der Waals surface area contributed by atoms with Crippen molar-refractivity contribution in [2.75, 3.05) is 0 Å². The molecule has 1 atom stereocenters. The number of unbranched alkanes of at least 4 members (excludes halogenated alkanes) is 3. The number of hydrogen-bond acceptors (Lipinski definition) is 0. The monoisotopic (exact) mass is 430 g/mol. The predicted molar refractivity (Wildman–Crippen MR) is 105 cm³/mol. The molecule has 0 heterocycles. The van der Waals surface area contributed by atoms with Crippen LogP contribution in [0.15, 0.2) is 24.3 Å². The van der Waals surface area contributed by atoms with E-state index in [1.807, 2.05) is 0 Å². The molecule has 22 heavy (non-hydrogen) atoms. The predicted octanol–water partition coefficient (Wildman–Crippen LogP) is 7.83. The van der Waals surface area contributed by atoms with Gasteiger partial charge in [-0.2, -0.15) is 0 Å². The minimum absolute atomic E-state index is 0.830. The Balaban J connectivity index is 3.03.